The SMILES string of the molecule is Cc1ccc2nc(N3CCN(CCO)CC3)c(C=C3SC(=S)N(Cc4ccc(F)cc4)C3=O)c(=O)n2c1. The number of hydrogen-bond acceptors (Lipinski definition) is 8. The van der Waals surface area contributed by atoms with Gasteiger partial charge in [0.15, 0.2) is 0 Å². The number of aromatic nitrogens is 2. The average Bonchev–Trinajstić information content (AvgIpc) is 3.15. The lowest BCUT2D eigenvalue weighted by molar-refractivity contribution is -0.122. The molecule has 2 aliphatic heterocycles. The summed E-state index contributed by atoms with van der Waals surface area (Å²) in [5, 5.41) is 9.27. The van der Waals surface area contributed by atoms with Crippen LogP contribution in [-0.2, 0) is 11.3 Å². The summed E-state index contributed by atoms with van der Waals surface area (Å²) in [6, 6.07) is 9.65. The number of anilines is 1. The van der Waals surface area contributed by atoms with E-state index >= 15 is 0 Å². The molecule has 192 valence electrons. The van der Waals surface area contributed by atoms with Crippen molar-refractivity contribution in [2.24, 2.45) is 0 Å². The number of fused-ring (bicyclic) bond motifs is 1. The summed E-state index contributed by atoms with van der Waals surface area (Å²) < 4.78 is 15.2. The smallest absolute Gasteiger partial charge is 0.267 e. The maximum Gasteiger partial charge on any atom is 0.267 e. The topological polar surface area (TPSA) is 81.4 Å². The fourth-order valence-corrected chi connectivity index (χ4v) is 5.72. The lowest BCUT2D eigenvalue weighted by atomic mass is 10.2. The van der Waals surface area contributed by atoms with Gasteiger partial charge in [-0.2, -0.15) is 0 Å². The third-order valence-electron chi connectivity index (χ3n) is 6.48. The largest absolute Gasteiger partial charge is 0.395 e. The van der Waals surface area contributed by atoms with Crippen LogP contribution in [0.3, 0.4) is 0 Å². The van der Waals surface area contributed by atoms with E-state index in [2.05, 4.69) is 9.80 Å². The first-order valence-corrected chi connectivity index (χ1v) is 13.2. The number of rotatable bonds is 6. The summed E-state index contributed by atoms with van der Waals surface area (Å²) in [4.78, 5) is 37.9. The number of aryl methyl sites for hydroxylation is 1. The molecule has 3 aromatic rings. The van der Waals surface area contributed by atoms with Gasteiger partial charge in [-0.15, -0.1) is 0 Å². The molecule has 2 aliphatic rings. The van der Waals surface area contributed by atoms with Crippen LogP contribution in [0, 0.1) is 12.7 Å². The summed E-state index contributed by atoms with van der Waals surface area (Å²) in [6.07, 6.45) is 3.34. The average molecular weight is 540 g/mol. The van der Waals surface area contributed by atoms with E-state index in [1.54, 1.807) is 24.4 Å². The van der Waals surface area contributed by atoms with Crippen LogP contribution < -0.4 is 10.5 Å². The number of piperazine rings is 1. The van der Waals surface area contributed by atoms with Crippen molar-refractivity contribution in [2.45, 2.75) is 13.5 Å². The molecule has 0 saturated carbocycles. The molecule has 0 unspecified atom stereocenters. The molecule has 5 rings (SSSR count). The number of aliphatic hydroxyl groups is 1. The predicted octanol–water partition coefficient (Wildman–Crippen LogP) is 2.66. The van der Waals surface area contributed by atoms with E-state index < -0.39 is 0 Å². The Morgan fingerprint density at radius 2 is 1.84 bits per heavy atom. The number of thioether (sulfide) groups is 1. The summed E-state index contributed by atoms with van der Waals surface area (Å²) in [6.45, 7) is 5.56. The Labute approximate surface area is 223 Å². The zero-order valence-electron chi connectivity index (χ0n) is 20.3. The fourth-order valence-electron chi connectivity index (χ4n) is 4.48. The molecule has 1 aromatic carbocycles. The highest BCUT2D eigenvalue weighted by atomic mass is 32.2. The zero-order chi connectivity index (χ0) is 26.1. The van der Waals surface area contributed by atoms with Gasteiger partial charge in [0, 0.05) is 38.9 Å². The number of benzene rings is 1. The highest BCUT2D eigenvalue weighted by Gasteiger charge is 2.33. The van der Waals surface area contributed by atoms with Crippen molar-refractivity contribution in [1.82, 2.24) is 19.2 Å². The van der Waals surface area contributed by atoms with E-state index in [-0.39, 0.29) is 30.4 Å². The minimum atomic E-state index is -0.349. The molecule has 0 aliphatic carbocycles. The molecule has 1 amide bonds. The van der Waals surface area contributed by atoms with E-state index in [1.165, 1.54) is 21.4 Å². The second-order valence-electron chi connectivity index (χ2n) is 9.04. The van der Waals surface area contributed by atoms with E-state index in [4.69, 9.17) is 17.2 Å². The predicted molar refractivity (Wildman–Crippen MR) is 147 cm³/mol. The number of carbonyl (C=O) groups excluding carboxylic acids is 1. The van der Waals surface area contributed by atoms with Gasteiger partial charge in [0.1, 0.15) is 21.6 Å². The van der Waals surface area contributed by atoms with E-state index in [1.807, 2.05) is 19.1 Å². The zero-order valence-corrected chi connectivity index (χ0v) is 21.9. The molecule has 2 fully saturated rings. The number of aliphatic hydroxyl groups excluding tert-OH is 1. The fraction of sp³-hybridized carbons (Fsp3) is 0.308. The number of pyridine rings is 1. The van der Waals surface area contributed by atoms with Crippen LogP contribution in [-0.4, -0.2) is 73.8 Å². The van der Waals surface area contributed by atoms with Gasteiger partial charge in [-0.05, 0) is 42.3 Å². The van der Waals surface area contributed by atoms with Gasteiger partial charge in [0.2, 0.25) is 0 Å². The van der Waals surface area contributed by atoms with Gasteiger partial charge in [0.25, 0.3) is 11.5 Å². The Kier molecular flexibility index (Phi) is 7.38. The Balaban J connectivity index is 1.52. The highest BCUT2D eigenvalue weighted by Crippen LogP contribution is 2.34. The van der Waals surface area contributed by atoms with Crippen molar-refractivity contribution in [3.05, 3.63) is 80.4 Å². The number of halogens is 1. The Morgan fingerprint density at radius 3 is 2.54 bits per heavy atom. The monoisotopic (exact) mass is 539 g/mol. The second-order valence-corrected chi connectivity index (χ2v) is 10.7. The third-order valence-corrected chi connectivity index (χ3v) is 7.85. The van der Waals surface area contributed by atoms with Crippen molar-refractivity contribution in [3.63, 3.8) is 0 Å². The first-order chi connectivity index (χ1) is 17.8. The molecule has 8 nitrogen and oxygen atoms in total. The number of hydrogen-bond donors (Lipinski definition) is 1. The molecule has 0 bridgehead atoms. The molecule has 37 heavy (non-hydrogen) atoms. The molecule has 4 heterocycles. The van der Waals surface area contributed by atoms with Crippen LogP contribution >= 0.6 is 24.0 Å². The van der Waals surface area contributed by atoms with Crippen molar-refractivity contribution < 1.29 is 14.3 Å². The maximum absolute atomic E-state index is 13.7. The standard InChI is InChI=1S/C26H26FN5O3S2/c1-17-2-7-22-28-23(30-10-8-29(9-11-30)12-13-33)20(24(34)31(22)15-17)14-21-25(35)32(26(36)37-21)16-18-3-5-19(27)6-4-18/h2-7,14-15,33H,8-13,16H2,1H3. The summed E-state index contributed by atoms with van der Waals surface area (Å²) >= 11 is 6.62. The number of amides is 1. The molecule has 0 spiro atoms. The van der Waals surface area contributed by atoms with Crippen molar-refractivity contribution in [1.29, 1.82) is 0 Å². The minimum absolute atomic E-state index is 0.0972. The second kappa shape index (κ2) is 10.7. The van der Waals surface area contributed by atoms with Crippen molar-refractivity contribution in [3.8, 4) is 0 Å². The van der Waals surface area contributed by atoms with E-state index in [9.17, 15) is 19.1 Å². The molecule has 0 radical (unpaired) electrons. The van der Waals surface area contributed by atoms with Crippen LogP contribution in [0.5, 0.6) is 0 Å². The third kappa shape index (κ3) is 5.30. The van der Waals surface area contributed by atoms with Crippen LogP contribution in [0.2, 0.25) is 0 Å². The Bertz CT molecular complexity index is 1450. The first-order valence-electron chi connectivity index (χ1n) is 11.9. The Morgan fingerprint density at radius 1 is 1.11 bits per heavy atom. The summed E-state index contributed by atoms with van der Waals surface area (Å²) in [5.74, 6) is -0.119. The molecule has 2 aromatic heterocycles. The molecular weight excluding hydrogens is 513 g/mol. The number of carbonyl (C=O) groups is 1. The molecule has 1 N–H and O–H groups in total. The van der Waals surface area contributed by atoms with Crippen LogP contribution in [0.15, 0.2) is 52.3 Å². The first kappa shape index (κ1) is 25.5. The summed E-state index contributed by atoms with van der Waals surface area (Å²) in [7, 11) is 0. The van der Waals surface area contributed by atoms with Crippen LogP contribution in [0.1, 0.15) is 16.7 Å². The Hall–Kier alpha value is -3.12. The number of β-amino-alcohol motifs (C(OH)–C–C–N with tert-alkyl or cyclic N) is 1. The van der Waals surface area contributed by atoms with Crippen molar-refractivity contribution in [2.75, 3.05) is 44.2 Å². The lowest BCUT2D eigenvalue weighted by Gasteiger charge is -2.35. The van der Waals surface area contributed by atoms with E-state index in [0.717, 1.165) is 36.0 Å². The molecule has 11 heteroatoms. The number of nitrogens with zero attached hydrogens (tertiary/aromatic N) is 5. The lowest BCUT2D eigenvalue weighted by Crippen LogP contribution is -2.48. The molecule has 0 atom stereocenters. The van der Waals surface area contributed by atoms with Crippen LogP contribution in [0.4, 0.5) is 10.2 Å². The minimum Gasteiger partial charge on any atom is -0.395 e. The van der Waals surface area contributed by atoms with Crippen molar-refractivity contribution >= 4 is 51.7 Å². The van der Waals surface area contributed by atoms with Crippen LogP contribution in [0.25, 0.3) is 11.7 Å². The van der Waals surface area contributed by atoms with Gasteiger partial charge < -0.3 is 10.0 Å². The summed E-state index contributed by atoms with van der Waals surface area (Å²) in [5.41, 5.74) is 2.28. The van der Waals surface area contributed by atoms with Gasteiger partial charge in [-0.3, -0.25) is 23.8 Å². The van der Waals surface area contributed by atoms with E-state index in [0.29, 0.717) is 45.9 Å². The van der Waals surface area contributed by atoms with Gasteiger partial charge >= 0.3 is 0 Å². The van der Waals surface area contributed by atoms with Gasteiger partial charge in [-0.1, -0.05) is 42.2 Å². The highest BCUT2D eigenvalue weighted by molar-refractivity contribution is 8.26. The molecule has 2 saturated heterocycles. The quantitative estimate of drug-likeness (QED) is 0.378. The normalized spacial score (nSPS) is 18.0. The van der Waals surface area contributed by atoms with Gasteiger partial charge in [-0.25, -0.2) is 9.37 Å². The number of thiocarbonyl (C=S) groups is 1. The maximum atomic E-state index is 13.7. The molecular formula is C26H26FN5O3S2. The van der Waals surface area contributed by atoms with Gasteiger partial charge in [0.05, 0.1) is 23.6 Å².